The van der Waals surface area contributed by atoms with Crippen molar-refractivity contribution in [1.82, 2.24) is 0 Å². The maximum absolute atomic E-state index is 13.4. The quantitative estimate of drug-likeness (QED) is 0.215. The molecule has 0 unspecified atom stereocenters. The Morgan fingerprint density at radius 2 is 0.421 bits per heavy atom. The van der Waals surface area contributed by atoms with Crippen LogP contribution in [0.2, 0.25) is 55.4 Å². The Balaban J connectivity index is 9.65. The molecular formula is C46H102O6Si5. The van der Waals surface area contributed by atoms with Crippen LogP contribution in [0.5, 0.6) is 0 Å². The third-order valence-corrected chi connectivity index (χ3v) is 44.5. The van der Waals surface area contributed by atoms with Crippen molar-refractivity contribution in [3.63, 3.8) is 0 Å². The Bertz CT molecular complexity index is 1280. The maximum Gasteiger partial charge on any atom is 0.403 e. The Morgan fingerprint density at radius 3 is 0.561 bits per heavy atom. The van der Waals surface area contributed by atoms with E-state index in [4.69, 9.17) is 20.9 Å². The van der Waals surface area contributed by atoms with Crippen molar-refractivity contribution >= 4 is 48.5 Å². The van der Waals surface area contributed by atoms with E-state index in [1.165, 1.54) is 6.92 Å². The zero-order valence-electron chi connectivity index (χ0n) is 44.9. The minimum absolute atomic E-state index is 0.136. The van der Waals surface area contributed by atoms with Crippen LogP contribution >= 0.6 is 0 Å². The van der Waals surface area contributed by atoms with E-state index in [0.717, 1.165) is 0 Å². The lowest BCUT2D eigenvalue weighted by molar-refractivity contribution is -0.134. The van der Waals surface area contributed by atoms with E-state index in [2.05, 4.69) is 228 Å². The van der Waals surface area contributed by atoms with Gasteiger partial charge in [0.25, 0.3) is 5.97 Å². The molecule has 0 aliphatic carbocycles. The summed E-state index contributed by atoms with van der Waals surface area (Å²) in [4.78, 5) is 13.4. The topological polar surface area (TPSA) is 63.2 Å². The molecule has 0 aliphatic rings. The summed E-state index contributed by atoms with van der Waals surface area (Å²) in [5, 5.41) is -3.98. The van der Waals surface area contributed by atoms with Crippen LogP contribution < -0.4 is 0 Å². The van der Waals surface area contributed by atoms with Crippen LogP contribution in [0, 0.1) is 0 Å². The fourth-order valence-corrected chi connectivity index (χ4v) is 57.9. The largest absolute Gasteiger partial charge is 0.494 e. The molecule has 0 rings (SSSR count). The van der Waals surface area contributed by atoms with E-state index in [1.807, 2.05) is 0 Å². The molecule has 0 aromatic carbocycles. The zero-order chi connectivity index (χ0) is 47.1. The van der Waals surface area contributed by atoms with Gasteiger partial charge in [-0.1, -0.05) is 228 Å². The van der Waals surface area contributed by atoms with Crippen molar-refractivity contribution in [3.05, 3.63) is 0 Å². The predicted octanol–water partition coefficient (Wildman–Crippen LogP) is 17.1. The van der Waals surface area contributed by atoms with Gasteiger partial charge in [-0.05, 0) is 15.1 Å². The van der Waals surface area contributed by atoms with Crippen LogP contribution in [0.3, 0.4) is 0 Å². The molecule has 6 nitrogen and oxygen atoms in total. The van der Waals surface area contributed by atoms with E-state index >= 15 is 0 Å². The second-order valence-electron chi connectivity index (χ2n) is 28.9. The summed E-state index contributed by atoms with van der Waals surface area (Å²) in [5.74, 6) is -0.309. The van der Waals surface area contributed by atoms with Gasteiger partial charge < -0.3 is 20.9 Å². The molecule has 0 spiro atoms. The first-order chi connectivity index (χ1) is 24.0. The Kier molecular flexibility index (Phi) is 16.0. The fourth-order valence-electron chi connectivity index (χ4n) is 11.9. The van der Waals surface area contributed by atoms with Crippen LogP contribution in [-0.2, 0) is 25.7 Å². The highest BCUT2D eigenvalue weighted by atomic mass is 28.5. The third-order valence-electron chi connectivity index (χ3n) is 12.5. The Morgan fingerprint density at radius 1 is 0.263 bits per heavy atom. The van der Waals surface area contributed by atoms with Gasteiger partial charge in [0.2, 0.25) is 0 Å². The number of hydrogen-bond acceptors (Lipinski definition) is 6. The van der Waals surface area contributed by atoms with Crippen LogP contribution in [0.25, 0.3) is 0 Å². The normalized spacial score (nSPS) is 16.6. The van der Waals surface area contributed by atoms with Crippen LogP contribution in [0.15, 0.2) is 0 Å². The van der Waals surface area contributed by atoms with Crippen molar-refractivity contribution in [3.8, 4) is 0 Å². The van der Waals surface area contributed by atoms with E-state index in [-0.39, 0.29) is 31.2 Å². The molecule has 11 heteroatoms. The maximum atomic E-state index is 13.4. The number of carbonyl (C=O) groups is 1. The van der Waals surface area contributed by atoms with Crippen molar-refractivity contribution in [2.75, 3.05) is 0 Å². The molecule has 0 amide bonds. The minimum Gasteiger partial charge on any atom is -0.494 e. The van der Waals surface area contributed by atoms with E-state index in [0.29, 0.717) is 0 Å². The SMILES string of the molecule is CC(=O)O[Si](O[Si](O[Si](O[Si](O[Si](C(C)(C)C)(C(C)(C)C)C(C)(C)C)(C(C)(C)C)C(C)(C)C)(C(C)(C)C)C(C)(C)C)(C(C)(C)C)C(C)(C)C)(C(C)(C)C)C(C)(C)C. The van der Waals surface area contributed by atoms with Gasteiger partial charge in [0, 0.05) is 47.2 Å². The molecule has 0 aromatic heterocycles. The Labute approximate surface area is 363 Å². The van der Waals surface area contributed by atoms with Crippen molar-refractivity contribution in [1.29, 1.82) is 0 Å². The molecule has 0 bridgehead atoms. The molecule has 0 fully saturated rings. The molecule has 57 heavy (non-hydrogen) atoms. The van der Waals surface area contributed by atoms with Gasteiger partial charge in [-0.3, -0.25) is 4.79 Å². The van der Waals surface area contributed by atoms with Crippen LogP contribution in [0.1, 0.15) is 235 Å². The minimum atomic E-state index is -3.67. The lowest BCUT2D eigenvalue weighted by Crippen LogP contribution is -2.78. The standard InChI is InChI=1S/C46H102O6Si5/c1-35(47)48-54(39(11,12)13,40(14,15)16)50-56(43(23,24)25,44(26,27)28)52-57(45(29,30)31,46(32,33)34)51-55(41(17,18)19,42(20,21)22)49-53(36(2,3)4,37(5,6)7)38(8,9)10/h1-34H3. The van der Waals surface area contributed by atoms with Gasteiger partial charge >= 0.3 is 34.2 Å². The average molecular weight is 892 g/mol. The summed E-state index contributed by atoms with van der Waals surface area (Å²) in [6, 6.07) is 0. The molecule has 0 atom stereocenters. The first-order valence-corrected chi connectivity index (χ1v) is 31.2. The molecule has 0 saturated carbocycles. The van der Waals surface area contributed by atoms with Gasteiger partial charge in [0.15, 0.2) is 8.32 Å². The molecule has 0 aliphatic heterocycles. The van der Waals surface area contributed by atoms with Crippen molar-refractivity contribution in [2.24, 2.45) is 0 Å². The molecule has 342 valence electrons. The third kappa shape index (κ3) is 10.1. The van der Waals surface area contributed by atoms with Gasteiger partial charge in [0.1, 0.15) is 0 Å². The fraction of sp³-hybridized carbons (Fsp3) is 0.978. The van der Waals surface area contributed by atoms with E-state index < -0.39 is 72.8 Å². The lowest BCUT2D eigenvalue weighted by atomic mass is 10.2. The lowest BCUT2D eigenvalue weighted by Gasteiger charge is -2.68. The molecule has 0 heterocycles. The summed E-state index contributed by atoms with van der Waals surface area (Å²) >= 11 is 0. The molecule has 0 radical (unpaired) electrons. The van der Waals surface area contributed by atoms with Gasteiger partial charge in [-0.15, -0.1) is 0 Å². The van der Waals surface area contributed by atoms with Gasteiger partial charge in [0.05, 0.1) is 0 Å². The zero-order valence-corrected chi connectivity index (χ0v) is 49.9. The van der Waals surface area contributed by atoms with Crippen LogP contribution in [0.4, 0.5) is 0 Å². The predicted molar refractivity (Wildman–Crippen MR) is 262 cm³/mol. The number of hydrogen-bond donors (Lipinski definition) is 0. The van der Waals surface area contributed by atoms with Gasteiger partial charge in [-0.25, -0.2) is 0 Å². The average Bonchev–Trinajstić information content (AvgIpc) is 2.80. The van der Waals surface area contributed by atoms with Crippen molar-refractivity contribution < 1.29 is 25.7 Å². The first-order valence-electron chi connectivity index (χ1n) is 22.0. The second kappa shape index (κ2) is 15.9. The smallest absolute Gasteiger partial charge is 0.403 e. The number of rotatable bonds is 9. The molecule has 0 aromatic rings. The summed E-state index contributed by atoms with van der Waals surface area (Å²) in [5.41, 5.74) is 0. The number of carbonyl (C=O) groups excluding carboxylic acids is 1. The van der Waals surface area contributed by atoms with E-state index in [1.54, 1.807) is 0 Å². The Hall–Kier alpha value is 0.394. The van der Waals surface area contributed by atoms with Gasteiger partial charge in [-0.2, -0.15) is 0 Å². The highest BCUT2D eigenvalue weighted by Gasteiger charge is 2.78. The summed E-state index contributed by atoms with van der Waals surface area (Å²) in [6.07, 6.45) is 0. The summed E-state index contributed by atoms with van der Waals surface area (Å²) in [7, 11) is -17.2. The van der Waals surface area contributed by atoms with E-state index in [9.17, 15) is 4.79 Å². The van der Waals surface area contributed by atoms with Crippen molar-refractivity contribution in [2.45, 2.75) is 291 Å². The summed E-state index contributed by atoms with van der Waals surface area (Å²) < 4.78 is 41.1. The highest BCUT2D eigenvalue weighted by Crippen LogP contribution is 2.70. The molecule has 0 saturated heterocycles. The monoisotopic (exact) mass is 891 g/mol. The van der Waals surface area contributed by atoms with Crippen LogP contribution in [-0.4, -0.2) is 48.5 Å². The highest BCUT2D eigenvalue weighted by molar-refractivity contribution is 6.98. The molecule has 0 N–H and O–H groups in total. The summed E-state index contributed by atoms with van der Waals surface area (Å²) in [6.45, 7) is 78.4. The first kappa shape index (κ1) is 57.4. The second-order valence-corrected chi connectivity index (χ2v) is 55.2. The molecular weight excluding hydrogens is 789 g/mol.